The second kappa shape index (κ2) is 6.53. The Hall–Kier alpha value is -1.16. The van der Waals surface area contributed by atoms with Gasteiger partial charge in [-0.3, -0.25) is 0 Å². The van der Waals surface area contributed by atoms with Gasteiger partial charge in [0.1, 0.15) is 0 Å². The molecule has 0 aliphatic rings. The highest BCUT2D eigenvalue weighted by Crippen LogP contribution is 2.47. The molecule has 1 aromatic heterocycles. The van der Waals surface area contributed by atoms with Crippen LogP contribution < -0.4 is 0 Å². The molecule has 0 spiro atoms. The molecule has 0 bridgehead atoms. The molecule has 126 valence electrons. The van der Waals surface area contributed by atoms with E-state index in [1.807, 2.05) is 11.3 Å². The molecule has 0 saturated carbocycles. The van der Waals surface area contributed by atoms with Crippen LogP contribution in [-0.4, -0.2) is 0 Å². The molecular weight excluding hydrogens is 456 g/mol. The highest BCUT2D eigenvalue weighted by Gasteiger charge is 2.19. The Morgan fingerprint density at radius 3 is 2.40 bits per heavy atom. The van der Waals surface area contributed by atoms with Gasteiger partial charge in [-0.15, -0.1) is 11.3 Å². The summed E-state index contributed by atoms with van der Waals surface area (Å²) in [5.74, 6) is 0. The number of hydrogen-bond donors (Lipinski definition) is 0. The second-order valence-electron chi connectivity index (χ2n) is 6.42. The third kappa shape index (κ3) is 2.77. The topological polar surface area (TPSA) is 0 Å². The summed E-state index contributed by atoms with van der Waals surface area (Å²) >= 11 is 9.48. The Morgan fingerprint density at radius 2 is 1.68 bits per heavy atom. The molecule has 0 atom stereocenters. The van der Waals surface area contributed by atoms with Gasteiger partial charge in [-0.1, -0.05) is 53.2 Å². The summed E-state index contributed by atoms with van der Waals surface area (Å²) < 4.78 is 3.71. The van der Waals surface area contributed by atoms with Crippen LogP contribution in [0.25, 0.3) is 32.0 Å². The lowest BCUT2D eigenvalue weighted by Crippen LogP contribution is -1.89. The molecule has 0 fully saturated rings. The van der Waals surface area contributed by atoms with Crippen LogP contribution in [0.1, 0.15) is 22.9 Å². The Balaban J connectivity index is 2.25. The van der Waals surface area contributed by atoms with Crippen LogP contribution in [0.5, 0.6) is 0 Å². The summed E-state index contributed by atoms with van der Waals surface area (Å²) in [4.78, 5) is 1.39. The summed E-state index contributed by atoms with van der Waals surface area (Å²) in [6.45, 7) is 6.68. The van der Waals surface area contributed by atoms with Crippen molar-refractivity contribution in [2.45, 2.75) is 27.2 Å². The number of hydrogen-bond acceptors (Lipinski definition) is 1. The number of thiophene rings is 1. The first-order valence-electron chi connectivity index (χ1n) is 8.41. The second-order valence-corrected chi connectivity index (χ2v) is 9.36. The molecule has 0 saturated heterocycles. The van der Waals surface area contributed by atoms with Crippen molar-refractivity contribution >= 4 is 64.1 Å². The average molecular weight is 474 g/mol. The van der Waals surface area contributed by atoms with Crippen LogP contribution >= 0.6 is 43.2 Å². The average Bonchev–Trinajstić information content (AvgIpc) is 2.90. The monoisotopic (exact) mass is 472 g/mol. The number of rotatable bonds is 2. The van der Waals surface area contributed by atoms with Gasteiger partial charge in [-0.25, -0.2) is 0 Å². The smallest absolute Gasteiger partial charge is 0.0503 e. The van der Waals surface area contributed by atoms with Crippen molar-refractivity contribution in [1.29, 1.82) is 0 Å². The highest BCUT2D eigenvalue weighted by atomic mass is 79.9. The zero-order valence-corrected chi connectivity index (χ0v) is 18.4. The molecule has 0 aliphatic carbocycles. The van der Waals surface area contributed by atoms with E-state index in [2.05, 4.69) is 95.1 Å². The molecule has 0 radical (unpaired) electrons. The largest absolute Gasteiger partial charge is 0.139 e. The molecule has 0 N–H and O–H groups in total. The van der Waals surface area contributed by atoms with Gasteiger partial charge < -0.3 is 0 Å². The van der Waals surface area contributed by atoms with Crippen molar-refractivity contribution in [1.82, 2.24) is 0 Å². The Kier molecular flexibility index (Phi) is 4.51. The Morgan fingerprint density at radius 1 is 0.960 bits per heavy atom. The van der Waals surface area contributed by atoms with Gasteiger partial charge in [0.05, 0.1) is 4.70 Å². The van der Waals surface area contributed by atoms with E-state index in [0.717, 1.165) is 10.9 Å². The molecule has 25 heavy (non-hydrogen) atoms. The van der Waals surface area contributed by atoms with Gasteiger partial charge in [0, 0.05) is 19.2 Å². The van der Waals surface area contributed by atoms with E-state index in [9.17, 15) is 0 Å². The summed E-state index contributed by atoms with van der Waals surface area (Å²) in [7, 11) is 0. The van der Waals surface area contributed by atoms with Crippen LogP contribution in [0, 0.1) is 13.8 Å². The fourth-order valence-corrected chi connectivity index (χ4v) is 5.98. The van der Waals surface area contributed by atoms with E-state index in [1.165, 1.54) is 52.5 Å². The Bertz CT molecular complexity index is 1120. The van der Waals surface area contributed by atoms with E-state index in [4.69, 9.17) is 0 Å². The van der Waals surface area contributed by atoms with Crippen molar-refractivity contribution in [3.63, 3.8) is 0 Å². The van der Waals surface area contributed by atoms with Crippen LogP contribution in [0.2, 0.25) is 0 Å². The fourth-order valence-electron chi connectivity index (χ4n) is 3.53. The minimum Gasteiger partial charge on any atom is -0.139 e. The predicted octanol–water partition coefficient (Wildman–Crippen LogP) is 8.43. The van der Waals surface area contributed by atoms with Crippen molar-refractivity contribution in [3.8, 4) is 11.1 Å². The molecule has 0 aliphatic heterocycles. The van der Waals surface area contributed by atoms with Crippen LogP contribution in [0.3, 0.4) is 0 Å². The molecule has 3 heteroatoms. The minimum absolute atomic E-state index is 1.03. The summed E-state index contributed by atoms with van der Waals surface area (Å²) in [6, 6.07) is 15.5. The first-order valence-corrected chi connectivity index (χ1v) is 10.8. The van der Waals surface area contributed by atoms with Crippen molar-refractivity contribution in [2.24, 2.45) is 0 Å². The van der Waals surface area contributed by atoms with Gasteiger partial charge >= 0.3 is 0 Å². The first kappa shape index (κ1) is 17.3. The van der Waals surface area contributed by atoms with Gasteiger partial charge in [-0.2, -0.15) is 0 Å². The third-order valence-corrected chi connectivity index (χ3v) is 7.69. The van der Waals surface area contributed by atoms with Gasteiger partial charge in [0.25, 0.3) is 0 Å². The number of aryl methyl sites for hydroxylation is 3. The van der Waals surface area contributed by atoms with E-state index in [0.29, 0.717) is 0 Å². The van der Waals surface area contributed by atoms with Crippen molar-refractivity contribution in [2.75, 3.05) is 0 Å². The molecule has 3 aromatic carbocycles. The molecule has 4 rings (SSSR count). The highest BCUT2D eigenvalue weighted by molar-refractivity contribution is 9.11. The first-order chi connectivity index (χ1) is 12.0. The fraction of sp³-hybridized carbons (Fsp3) is 0.182. The maximum atomic E-state index is 3.88. The van der Waals surface area contributed by atoms with E-state index in [-0.39, 0.29) is 0 Å². The van der Waals surface area contributed by atoms with Crippen LogP contribution in [0.15, 0.2) is 51.4 Å². The van der Waals surface area contributed by atoms with Crippen LogP contribution in [-0.2, 0) is 6.42 Å². The third-order valence-electron chi connectivity index (χ3n) is 4.92. The predicted molar refractivity (Wildman–Crippen MR) is 119 cm³/mol. The summed E-state index contributed by atoms with van der Waals surface area (Å²) in [5.41, 5.74) is 5.39. The van der Waals surface area contributed by atoms with Crippen molar-refractivity contribution < 1.29 is 0 Å². The van der Waals surface area contributed by atoms with E-state index in [1.54, 1.807) is 0 Å². The molecule has 1 heterocycles. The van der Waals surface area contributed by atoms with Crippen molar-refractivity contribution in [3.05, 3.63) is 67.4 Å². The van der Waals surface area contributed by atoms with Gasteiger partial charge in [0.2, 0.25) is 0 Å². The SMILES string of the molecule is CCc1cc(Br)cc(-c2c3ccccc3c(Br)c3sc(C)c(C)c23)c1. The number of halogens is 2. The molecule has 0 amide bonds. The molecule has 4 aromatic rings. The van der Waals surface area contributed by atoms with Gasteiger partial charge in [-0.05, 0) is 81.4 Å². The summed E-state index contributed by atoms with van der Waals surface area (Å²) in [6.07, 6.45) is 1.03. The van der Waals surface area contributed by atoms with E-state index < -0.39 is 0 Å². The lowest BCUT2D eigenvalue weighted by atomic mass is 9.92. The van der Waals surface area contributed by atoms with E-state index >= 15 is 0 Å². The summed E-state index contributed by atoms with van der Waals surface area (Å²) in [5, 5.41) is 3.97. The molecular formula is C22H18Br2S. The molecule has 0 unspecified atom stereocenters. The quantitative estimate of drug-likeness (QED) is 0.274. The lowest BCUT2D eigenvalue weighted by Gasteiger charge is -2.14. The Labute approximate surface area is 169 Å². The molecule has 0 nitrogen and oxygen atoms in total. The normalized spacial score (nSPS) is 11.6. The number of benzene rings is 3. The van der Waals surface area contributed by atoms with Crippen LogP contribution in [0.4, 0.5) is 0 Å². The van der Waals surface area contributed by atoms with Gasteiger partial charge in [0.15, 0.2) is 0 Å². The number of fused-ring (bicyclic) bond motifs is 2. The minimum atomic E-state index is 1.03. The maximum absolute atomic E-state index is 3.88. The lowest BCUT2D eigenvalue weighted by molar-refractivity contribution is 1.14. The zero-order chi connectivity index (χ0) is 17.7. The maximum Gasteiger partial charge on any atom is 0.0503 e. The zero-order valence-electron chi connectivity index (χ0n) is 14.4. The standard InChI is InChI=1S/C22H18Br2S/c1-4-14-9-15(11-16(23)10-14)20-17-7-5-6-8-18(17)21(24)22-19(20)12(2)13(3)25-22/h5-11H,4H2,1-3H3.